The molecule has 6 nitrogen and oxygen atoms in total. The van der Waals surface area contributed by atoms with Gasteiger partial charge in [0.05, 0.1) is 23.9 Å². The molecule has 0 bridgehead atoms. The Labute approximate surface area is 187 Å². The summed E-state index contributed by atoms with van der Waals surface area (Å²) in [6, 6.07) is 11.3. The molecule has 0 radical (unpaired) electrons. The number of nitrogens with zero attached hydrogens (tertiary/aromatic N) is 3. The van der Waals surface area contributed by atoms with Crippen LogP contribution < -0.4 is 5.56 Å². The summed E-state index contributed by atoms with van der Waals surface area (Å²) in [5.74, 6) is 0.229. The summed E-state index contributed by atoms with van der Waals surface area (Å²) in [7, 11) is 0. The Hall–Kier alpha value is -2.55. The summed E-state index contributed by atoms with van der Waals surface area (Å²) < 4.78 is 8.05. The molecule has 1 aliphatic heterocycles. The molecule has 0 N–H and O–H groups in total. The Kier molecular flexibility index (Phi) is 5.60. The number of hydrogen-bond acceptors (Lipinski definition) is 7. The molecular formula is C23H21N3O3S2. The minimum atomic E-state index is -0.0891. The van der Waals surface area contributed by atoms with Crippen molar-refractivity contribution in [2.24, 2.45) is 0 Å². The van der Waals surface area contributed by atoms with Gasteiger partial charge in [-0.3, -0.25) is 14.2 Å². The van der Waals surface area contributed by atoms with Crippen LogP contribution in [-0.4, -0.2) is 38.8 Å². The Balaban J connectivity index is 1.53. The summed E-state index contributed by atoms with van der Waals surface area (Å²) in [5, 5.41) is 1.42. The van der Waals surface area contributed by atoms with Crippen molar-refractivity contribution in [2.75, 3.05) is 12.4 Å². The van der Waals surface area contributed by atoms with Crippen molar-refractivity contribution in [2.45, 2.75) is 37.6 Å². The average Bonchev–Trinajstić information content (AvgIpc) is 3.43. The zero-order valence-electron chi connectivity index (χ0n) is 17.0. The maximum Gasteiger partial charge on any atom is 0.272 e. The standard InChI is InChI=1S/C23H21N3O3S2/c1-14-6-8-15(9-7-14)18(27)13-30-23-25-19-17-5-2-10-24-21(17)31-20(19)22(28)26(23)12-16-4-3-11-29-16/h2,5-10,16H,3-4,11-13H2,1H3. The maximum absolute atomic E-state index is 13.4. The van der Waals surface area contributed by atoms with E-state index in [1.54, 1.807) is 10.8 Å². The lowest BCUT2D eigenvalue weighted by molar-refractivity contribution is 0.0938. The van der Waals surface area contributed by atoms with Gasteiger partial charge in [-0.2, -0.15) is 0 Å². The van der Waals surface area contributed by atoms with Gasteiger partial charge in [-0.1, -0.05) is 41.6 Å². The van der Waals surface area contributed by atoms with Crippen LogP contribution in [0.2, 0.25) is 0 Å². The van der Waals surface area contributed by atoms with E-state index < -0.39 is 0 Å². The van der Waals surface area contributed by atoms with Crippen LogP contribution in [0.25, 0.3) is 20.4 Å². The molecule has 4 aromatic rings. The van der Waals surface area contributed by atoms with Crippen molar-refractivity contribution in [1.82, 2.24) is 14.5 Å². The number of pyridine rings is 1. The summed E-state index contributed by atoms with van der Waals surface area (Å²) in [5.41, 5.74) is 2.35. The smallest absolute Gasteiger partial charge is 0.272 e. The quantitative estimate of drug-likeness (QED) is 0.245. The van der Waals surface area contributed by atoms with Crippen molar-refractivity contribution in [3.8, 4) is 0 Å². The first-order valence-corrected chi connectivity index (χ1v) is 12.0. The van der Waals surface area contributed by atoms with E-state index in [1.165, 1.54) is 23.1 Å². The van der Waals surface area contributed by atoms with Crippen LogP contribution >= 0.6 is 23.1 Å². The second-order valence-electron chi connectivity index (χ2n) is 7.66. The van der Waals surface area contributed by atoms with E-state index in [0.29, 0.717) is 27.5 Å². The number of ketones is 1. The van der Waals surface area contributed by atoms with E-state index in [4.69, 9.17) is 9.72 Å². The number of benzene rings is 1. The third-order valence-electron chi connectivity index (χ3n) is 5.43. The molecule has 1 unspecified atom stereocenters. The van der Waals surface area contributed by atoms with Crippen LogP contribution in [0.3, 0.4) is 0 Å². The van der Waals surface area contributed by atoms with E-state index in [9.17, 15) is 9.59 Å². The average molecular weight is 452 g/mol. The van der Waals surface area contributed by atoms with Crippen molar-refractivity contribution < 1.29 is 9.53 Å². The van der Waals surface area contributed by atoms with E-state index in [2.05, 4.69) is 4.98 Å². The van der Waals surface area contributed by atoms with E-state index in [1.807, 2.05) is 43.3 Å². The van der Waals surface area contributed by atoms with Crippen LogP contribution in [0, 0.1) is 6.92 Å². The zero-order chi connectivity index (χ0) is 21.4. The van der Waals surface area contributed by atoms with Crippen molar-refractivity contribution in [3.05, 3.63) is 64.1 Å². The molecule has 4 heterocycles. The molecule has 1 aromatic carbocycles. The Morgan fingerprint density at radius 1 is 1.29 bits per heavy atom. The molecule has 1 atom stereocenters. The predicted molar refractivity (Wildman–Crippen MR) is 124 cm³/mol. The second-order valence-corrected chi connectivity index (χ2v) is 9.60. The minimum Gasteiger partial charge on any atom is -0.376 e. The first kappa shape index (κ1) is 20.4. The Morgan fingerprint density at radius 2 is 2.13 bits per heavy atom. The fourth-order valence-electron chi connectivity index (χ4n) is 3.76. The number of fused-ring (bicyclic) bond motifs is 3. The fourth-order valence-corrected chi connectivity index (χ4v) is 5.68. The van der Waals surface area contributed by atoms with Gasteiger partial charge in [0.1, 0.15) is 9.53 Å². The van der Waals surface area contributed by atoms with Gasteiger partial charge < -0.3 is 4.74 Å². The lowest BCUT2D eigenvalue weighted by Crippen LogP contribution is -2.28. The number of ether oxygens (including phenoxy) is 1. The summed E-state index contributed by atoms with van der Waals surface area (Å²) in [6.07, 6.45) is 3.64. The molecule has 0 amide bonds. The van der Waals surface area contributed by atoms with Gasteiger partial charge in [0.2, 0.25) is 0 Å². The predicted octanol–water partition coefficient (Wildman–Crippen LogP) is 4.47. The maximum atomic E-state index is 13.4. The van der Waals surface area contributed by atoms with Crippen molar-refractivity contribution in [3.63, 3.8) is 0 Å². The number of thiophene rings is 1. The van der Waals surface area contributed by atoms with Gasteiger partial charge in [-0.05, 0) is 31.9 Å². The van der Waals surface area contributed by atoms with E-state index in [0.717, 1.165) is 35.2 Å². The van der Waals surface area contributed by atoms with Crippen LogP contribution in [0.15, 0.2) is 52.5 Å². The van der Waals surface area contributed by atoms with Crippen LogP contribution in [0.5, 0.6) is 0 Å². The minimum absolute atomic E-state index is 0.00314. The van der Waals surface area contributed by atoms with Gasteiger partial charge in [0, 0.05) is 23.8 Å². The van der Waals surface area contributed by atoms with Crippen LogP contribution in [-0.2, 0) is 11.3 Å². The summed E-state index contributed by atoms with van der Waals surface area (Å²) >= 11 is 2.68. The Bertz CT molecular complexity index is 1320. The Morgan fingerprint density at radius 3 is 2.90 bits per heavy atom. The number of hydrogen-bond donors (Lipinski definition) is 0. The molecular weight excluding hydrogens is 430 g/mol. The number of carbonyl (C=O) groups is 1. The number of thioether (sulfide) groups is 1. The molecule has 0 spiro atoms. The molecule has 1 fully saturated rings. The van der Waals surface area contributed by atoms with E-state index in [-0.39, 0.29) is 23.2 Å². The molecule has 1 aliphatic rings. The topological polar surface area (TPSA) is 74.1 Å². The fraction of sp³-hybridized carbons (Fsp3) is 0.304. The summed E-state index contributed by atoms with van der Waals surface area (Å²) in [4.78, 5) is 36.2. The lowest BCUT2D eigenvalue weighted by atomic mass is 10.1. The van der Waals surface area contributed by atoms with Crippen molar-refractivity contribution in [1.29, 1.82) is 0 Å². The SMILES string of the molecule is Cc1ccc(C(=O)CSc2nc3c(sc4ncccc43)c(=O)n2CC2CCCO2)cc1. The molecule has 3 aromatic heterocycles. The van der Waals surface area contributed by atoms with Crippen LogP contribution in [0.4, 0.5) is 0 Å². The highest BCUT2D eigenvalue weighted by atomic mass is 32.2. The van der Waals surface area contributed by atoms with Gasteiger partial charge in [-0.25, -0.2) is 9.97 Å². The zero-order valence-corrected chi connectivity index (χ0v) is 18.7. The van der Waals surface area contributed by atoms with Gasteiger partial charge in [0.25, 0.3) is 5.56 Å². The number of aryl methyl sites for hydroxylation is 1. The largest absolute Gasteiger partial charge is 0.376 e. The molecule has 31 heavy (non-hydrogen) atoms. The third-order valence-corrected chi connectivity index (χ3v) is 7.50. The highest BCUT2D eigenvalue weighted by Crippen LogP contribution is 2.31. The monoisotopic (exact) mass is 451 g/mol. The second kappa shape index (κ2) is 8.53. The number of aromatic nitrogens is 3. The number of rotatable bonds is 6. The highest BCUT2D eigenvalue weighted by Gasteiger charge is 2.22. The molecule has 8 heteroatoms. The molecule has 1 saturated heterocycles. The van der Waals surface area contributed by atoms with Gasteiger partial charge in [0.15, 0.2) is 10.9 Å². The van der Waals surface area contributed by atoms with E-state index >= 15 is 0 Å². The molecule has 0 aliphatic carbocycles. The van der Waals surface area contributed by atoms with Gasteiger partial charge >= 0.3 is 0 Å². The lowest BCUT2D eigenvalue weighted by Gasteiger charge is -2.15. The molecule has 0 saturated carbocycles. The highest BCUT2D eigenvalue weighted by molar-refractivity contribution is 7.99. The molecule has 5 rings (SSSR count). The number of carbonyl (C=O) groups excluding carboxylic acids is 1. The van der Waals surface area contributed by atoms with Gasteiger partial charge in [-0.15, -0.1) is 11.3 Å². The first-order valence-electron chi connectivity index (χ1n) is 10.2. The normalized spacial score (nSPS) is 16.4. The third kappa shape index (κ3) is 4.03. The number of Topliss-reactive ketones (excluding diaryl/α,β-unsaturated/α-hetero) is 1. The molecule has 158 valence electrons. The van der Waals surface area contributed by atoms with Crippen LogP contribution in [0.1, 0.15) is 28.8 Å². The first-order chi connectivity index (χ1) is 15.1. The summed E-state index contributed by atoms with van der Waals surface area (Å²) in [6.45, 7) is 3.16. The van der Waals surface area contributed by atoms with Crippen molar-refractivity contribution >= 4 is 49.3 Å².